The van der Waals surface area contributed by atoms with Gasteiger partial charge in [0.05, 0.1) is 24.2 Å². The van der Waals surface area contributed by atoms with Gasteiger partial charge in [0.1, 0.15) is 11.7 Å². The molecule has 2 aromatic rings. The highest BCUT2D eigenvalue weighted by molar-refractivity contribution is 6.04. The van der Waals surface area contributed by atoms with E-state index in [1.54, 1.807) is 12.3 Å². The zero-order chi connectivity index (χ0) is 22.2. The maximum absolute atomic E-state index is 12.9. The predicted octanol–water partition coefficient (Wildman–Crippen LogP) is 3.02. The molecule has 1 aliphatic carbocycles. The predicted molar refractivity (Wildman–Crippen MR) is 111 cm³/mol. The van der Waals surface area contributed by atoms with Crippen molar-refractivity contribution in [3.05, 3.63) is 48.2 Å². The summed E-state index contributed by atoms with van der Waals surface area (Å²) in [7, 11) is 0. The second-order valence-electron chi connectivity index (χ2n) is 8.42. The van der Waals surface area contributed by atoms with Crippen molar-refractivity contribution in [3.63, 3.8) is 0 Å². The summed E-state index contributed by atoms with van der Waals surface area (Å²) in [6.07, 6.45) is 4.61. The lowest BCUT2D eigenvalue weighted by Crippen LogP contribution is -2.51. The van der Waals surface area contributed by atoms with E-state index in [0.29, 0.717) is 31.4 Å². The molecule has 4 unspecified atom stereocenters. The number of hydrogen-bond acceptors (Lipinski definition) is 6. The van der Waals surface area contributed by atoms with Crippen LogP contribution in [0.4, 0.5) is 0 Å². The Morgan fingerprint density at radius 3 is 2.90 bits per heavy atom. The van der Waals surface area contributed by atoms with Crippen molar-refractivity contribution in [3.8, 4) is 0 Å². The highest BCUT2D eigenvalue weighted by Gasteiger charge is 2.73. The smallest absolute Gasteiger partial charge is 0.340 e. The van der Waals surface area contributed by atoms with Gasteiger partial charge >= 0.3 is 11.9 Å². The molecule has 3 N–H and O–H groups in total. The number of aliphatic hydroxyl groups excluding tert-OH is 1. The number of esters is 1. The number of ether oxygens (including phenoxy) is 3. The van der Waals surface area contributed by atoms with E-state index >= 15 is 0 Å². The van der Waals surface area contributed by atoms with Crippen LogP contribution in [0.25, 0.3) is 10.9 Å². The Morgan fingerprint density at radius 1 is 1.35 bits per heavy atom. The Hall–Kier alpha value is -2.68. The summed E-state index contributed by atoms with van der Waals surface area (Å²) in [5, 5.41) is 19.9. The molecule has 0 spiro atoms. The first-order valence-corrected chi connectivity index (χ1v) is 10.5. The molecule has 0 radical (unpaired) electrons. The molecular weight excluding hydrogens is 402 g/mol. The number of aliphatic carboxylic acids is 1. The third-order valence-corrected chi connectivity index (χ3v) is 6.29. The Kier molecular flexibility index (Phi) is 5.63. The highest BCUT2D eigenvalue weighted by atomic mass is 16.7. The molecule has 1 aromatic carbocycles. The molecule has 1 saturated carbocycles. The summed E-state index contributed by atoms with van der Waals surface area (Å²) in [5.74, 6) is -2.80. The van der Waals surface area contributed by atoms with Gasteiger partial charge in [-0.2, -0.15) is 0 Å². The minimum atomic E-state index is -1.08. The van der Waals surface area contributed by atoms with Crippen molar-refractivity contribution in [1.29, 1.82) is 0 Å². The lowest BCUT2D eigenvalue weighted by molar-refractivity contribution is -0.266. The first-order chi connectivity index (χ1) is 14.8. The Morgan fingerprint density at radius 2 is 2.13 bits per heavy atom. The summed E-state index contributed by atoms with van der Waals surface area (Å²) >= 11 is 0. The minimum absolute atomic E-state index is 0.293. The van der Waals surface area contributed by atoms with Crippen molar-refractivity contribution in [2.24, 2.45) is 5.92 Å². The lowest BCUT2D eigenvalue weighted by atomic mass is 9.90. The molecule has 4 rings (SSSR count). The van der Waals surface area contributed by atoms with Crippen LogP contribution in [0.1, 0.15) is 43.5 Å². The topological polar surface area (TPSA) is 118 Å². The standard InChI is InChI=1S/C23H27NO7/c1-14-22(2,31-21(28)16-13-24-18-9-6-5-8-15(16)18)12-17-20(27)23(17,30-14)29-11-7-3-4-10-19(25)26/h4-6,8-10,13-14,17,20,24,27H,3,7,11-12H2,1-2H3,(H,25,26)/b10-4+/t14?,17?,20-,22?,23?/m0/s1. The highest BCUT2D eigenvalue weighted by Crippen LogP contribution is 2.58. The van der Waals surface area contributed by atoms with Crippen molar-refractivity contribution < 1.29 is 34.0 Å². The summed E-state index contributed by atoms with van der Waals surface area (Å²) in [5.41, 5.74) is 0.410. The zero-order valence-electron chi connectivity index (χ0n) is 17.5. The summed E-state index contributed by atoms with van der Waals surface area (Å²) in [6, 6.07) is 7.51. The number of nitrogens with one attached hydrogen (secondary N) is 1. The third-order valence-electron chi connectivity index (χ3n) is 6.29. The van der Waals surface area contributed by atoms with Gasteiger partial charge in [0, 0.05) is 29.6 Å². The molecule has 0 amide bonds. The fourth-order valence-electron chi connectivity index (χ4n) is 4.28. The number of allylic oxidation sites excluding steroid dienone is 1. The van der Waals surface area contributed by atoms with Crippen LogP contribution in [-0.4, -0.2) is 57.3 Å². The Bertz CT molecular complexity index is 1010. The van der Waals surface area contributed by atoms with Crippen molar-refractivity contribution in [1.82, 2.24) is 4.98 Å². The SMILES string of the molecule is CC1OC2(OCCC/C=C/C(=O)O)C(CC1(C)OC(=O)c1c[nH]c3ccccc13)[C@@H]2O. The van der Waals surface area contributed by atoms with Crippen LogP contribution < -0.4 is 0 Å². The van der Waals surface area contributed by atoms with Crippen LogP contribution in [0.2, 0.25) is 0 Å². The van der Waals surface area contributed by atoms with Gasteiger partial charge in [-0.25, -0.2) is 9.59 Å². The molecule has 5 atom stereocenters. The molecule has 2 fully saturated rings. The van der Waals surface area contributed by atoms with Crippen LogP contribution in [0.3, 0.4) is 0 Å². The maximum atomic E-state index is 12.9. The number of benzene rings is 1. The number of aromatic nitrogens is 1. The minimum Gasteiger partial charge on any atom is -0.478 e. The Balaban J connectivity index is 1.37. The monoisotopic (exact) mass is 429 g/mol. The number of para-hydroxylation sites is 1. The van der Waals surface area contributed by atoms with E-state index < -0.39 is 35.5 Å². The zero-order valence-corrected chi connectivity index (χ0v) is 17.5. The number of unbranched alkanes of at least 4 members (excludes halogenated alkanes) is 1. The normalized spacial score (nSPS) is 32.2. The summed E-state index contributed by atoms with van der Waals surface area (Å²) in [6.45, 7) is 3.95. The Labute approximate surface area is 179 Å². The van der Waals surface area contributed by atoms with Crippen molar-refractivity contribution in [2.45, 2.75) is 56.7 Å². The first kappa shape index (κ1) is 21.5. The number of aromatic amines is 1. The fourth-order valence-corrected chi connectivity index (χ4v) is 4.28. The number of H-pyrrole nitrogens is 1. The number of rotatable bonds is 8. The average Bonchev–Trinajstić information content (AvgIpc) is 3.08. The lowest BCUT2D eigenvalue weighted by Gasteiger charge is -2.41. The van der Waals surface area contributed by atoms with Gasteiger partial charge in [0.25, 0.3) is 0 Å². The number of carbonyl (C=O) groups is 2. The first-order valence-electron chi connectivity index (χ1n) is 10.5. The molecule has 8 nitrogen and oxygen atoms in total. The number of hydrogen-bond donors (Lipinski definition) is 3. The van der Waals surface area contributed by atoms with Crippen molar-refractivity contribution >= 4 is 22.8 Å². The van der Waals surface area contributed by atoms with E-state index in [0.717, 1.165) is 17.0 Å². The number of carboxylic acids is 1. The van der Waals surface area contributed by atoms with E-state index in [9.17, 15) is 14.7 Å². The number of fused-ring (bicyclic) bond motifs is 2. The molecular formula is C23H27NO7. The van der Waals surface area contributed by atoms with Gasteiger partial charge in [-0.05, 0) is 32.8 Å². The van der Waals surface area contributed by atoms with E-state index in [4.69, 9.17) is 19.3 Å². The fraction of sp³-hybridized carbons (Fsp3) is 0.478. The van der Waals surface area contributed by atoms with Gasteiger partial charge < -0.3 is 29.4 Å². The van der Waals surface area contributed by atoms with E-state index in [2.05, 4.69) is 4.98 Å². The molecule has 166 valence electrons. The van der Waals surface area contributed by atoms with E-state index in [-0.39, 0.29) is 5.92 Å². The van der Waals surface area contributed by atoms with Gasteiger partial charge in [-0.3, -0.25) is 0 Å². The van der Waals surface area contributed by atoms with Gasteiger partial charge in [-0.1, -0.05) is 24.3 Å². The number of carboxylic acid groups (broad SMARTS) is 1. The second kappa shape index (κ2) is 8.11. The van der Waals surface area contributed by atoms with Crippen LogP contribution in [0.15, 0.2) is 42.6 Å². The van der Waals surface area contributed by atoms with Crippen LogP contribution in [0.5, 0.6) is 0 Å². The number of aliphatic hydroxyl groups is 1. The quantitative estimate of drug-likeness (QED) is 0.335. The molecule has 8 heteroatoms. The molecule has 1 aliphatic heterocycles. The second-order valence-corrected chi connectivity index (χ2v) is 8.42. The molecule has 31 heavy (non-hydrogen) atoms. The molecule has 2 heterocycles. The van der Waals surface area contributed by atoms with E-state index in [1.807, 2.05) is 38.1 Å². The van der Waals surface area contributed by atoms with Crippen LogP contribution in [0, 0.1) is 5.92 Å². The number of carbonyl (C=O) groups excluding carboxylic acids is 1. The van der Waals surface area contributed by atoms with Crippen LogP contribution in [-0.2, 0) is 19.0 Å². The van der Waals surface area contributed by atoms with Gasteiger partial charge in [0.15, 0.2) is 0 Å². The maximum Gasteiger partial charge on any atom is 0.340 e. The van der Waals surface area contributed by atoms with E-state index in [1.165, 1.54) is 0 Å². The third kappa shape index (κ3) is 3.98. The largest absolute Gasteiger partial charge is 0.478 e. The van der Waals surface area contributed by atoms with Gasteiger partial charge in [0.2, 0.25) is 5.79 Å². The molecule has 1 aromatic heterocycles. The molecule has 2 aliphatic rings. The summed E-state index contributed by atoms with van der Waals surface area (Å²) in [4.78, 5) is 26.5. The molecule has 0 bridgehead atoms. The molecule has 1 saturated heterocycles. The average molecular weight is 429 g/mol. The van der Waals surface area contributed by atoms with Gasteiger partial charge in [-0.15, -0.1) is 0 Å². The summed E-state index contributed by atoms with van der Waals surface area (Å²) < 4.78 is 17.8. The van der Waals surface area contributed by atoms with Crippen molar-refractivity contribution in [2.75, 3.05) is 6.61 Å². The van der Waals surface area contributed by atoms with Crippen LogP contribution >= 0.6 is 0 Å².